The summed E-state index contributed by atoms with van der Waals surface area (Å²) in [6, 6.07) is 12.2. The van der Waals surface area contributed by atoms with Gasteiger partial charge in [-0.15, -0.1) is 0 Å². The molecule has 1 atom stereocenters. The van der Waals surface area contributed by atoms with E-state index in [1.165, 1.54) is 4.90 Å². The first kappa shape index (κ1) is 29.6. The van der Waals surface area contributed by atoms with E-state index in [0.29, 0.717) is 17.8 Å². The van der Waals surface area contributed by atoms with Crippen molar-refractivity contribution < 1.29 is 45.7 Å². The highest BCUT2D eigenvalue weighted by Crippen LogP contribution is 2.50. The summed E-state index contributed by atoms with van der Waals surface area (Å²) >= 11 is 0. The number of piperazine rings is 1. The van der Waals surface area contributed by atoms with Crippen molar-refractivity contribution >= 4 is 11.8 Å². The smallest absolute Gasteiger partial charge is 0.430 e. The summed E-state index contributed by atoms with van der Waals surface area (Å²) in [7, 11) is 0. The molecule has 0 aromatic heterocycles. The molecule has 1 aliphatic rings. The molecule has 38 heavy (non-hydrogen) atoms. The second-order valence-electron chi connectivity index (χ2n) is 10.0. The normalized spacial score (nSPS) is 17.5. The van der Waals surface area contributed by atoms with Crippen LogP contribution in [0.15, 0.2) is 54.6 Å². The van der Waals surface area contributed by atoms with E-state index in [0.717, 1.165) is 17.7 Å². The quantitative estimate of drug-likeness (QED) is 0.474. The van der Waals surface area contributed by atoms with Gasteiger partial charge in [0.1, 0.15) is 5.60 Å². The standard InChI is InChI=1S/C26H30F6N2O4/c1-23(2,3)38-22(35)33-13-14-34(21(15-33)17-37-16-18-7-5-4-6-8-18)20-11-9-19(10-12-20)24(36,25(27,28)29)26(30,31)32/h4-12,21,36H,13-17H2,1-3H3. The Hall–Kier alpha value is -2.99. The highest BCUT2D eigenvalue weighted by atomic mass is 19.4. The number of halogens is 6. The van der Waals surface area contributed by atoms with E-state index < -0.39 is 41.3 Å². The summed E-state index contributed by atoms with van der Waals surface area (Å²) in [5.74, 6) is 0. The number of carbonyl (C=O) groups is 1. The number of aliphatic hydroxyl groups is 1. The average molecular weight is 549 g/mol. The van der Waals surface area contributed by atoms with Gasteiger partial charge in [-0.25, -0.2) is 4.79 Å². The third-order valence-electron chi connectivity index (χ3n) is 5.99. The van der Waals surface area contributed by atoms with Crippen molar-refractivity contribution in [1.29, 1.82) is 0 Å². The maximum atomic E-state index is 13.3. The molecule has 0 aliphatic carbocycles. The molecule has 2 aromatic rings. The topological polar surface area (TPSA) is 62.2 Å². The zero-order valence-electron chi connectivity index (χ0n) is 21.1. The largest absolute Gasteiger partial charge is 0.444 e. The van der Waals surface area contributed by atoms with E-state index in [1.807, 2.05) is 30.3 Å². The summed E-state index contributed by atoms with van der Waals surface area (Å²) in [6.07, 6.45) is -12.5. The Morgan fingerprint density at radius 1 is 0.921 bits per heavy atom. The van der Waals surface area contributed by atoms with Crippen LogP contribution >= 0.6 is 0 Å². The minimum atomic E-state index is -5.97. The van der Waals surface area contributed by atoms with E-state index >= 15 is 0 Å². The molecule has 1 heterocycles. The first-order valence-electron chi connectivity index (χ1n) is 11.9. The number of carbonyl (C=O) groups excluding carboxylic acids is 1. The Labute approximate surface area is 216 Å². The monoisotopic (exact) mass is 548 g/mol. The average Bonchev–Trinajstić information content (AvgIpc) is 2.82. The number of anilines is 1. The predicted octanol–water partition coefficient (Wildman–Crippen LogP) is 5.64. The number of nitrogens with zero attached hydrogens (tertiary/aromatic N) is 2. The predicted molar refractivity (Wildman–Crippen MR) is 127 cm³/mol. The minimum Gasteiger partial charge on any atom is -0.444 e. The van der Waals surface area contributed by atoms with Gasteiger partial charge in [0, 0.05) is 30.9 Å². The van der Waals surface area contributed by atoms with Crippen molar-refractivity contribution in [3.8, 4) is 0 Å². The van der Waals surface area contributed by atoms with Crippen molar-refractivity contribution in [2.75, 3.05) is 31.1 Å². The van der Waals surface area contributed by atoms with Gasteiger partial charge in [0.15, 0.2) is 0 Å². The molecular formula is C26H30F6N2O4. The van der Waals surface area contributed by atoms with Crippen LogP contribution in [0.4, 0.5) is 36.8 Å². The number of benzene rings is 2. The molecule has 210 valence electrons. The number of hydrogen-bond acceptors (Lipinski definition) is 5. The molecule has 0 radical (unpaired) electrons. The number of hydrogen-bond donors (Lipinski definition) is 1. The first-order valence-corrected chi connectivity index (χ1v) is 11.9. The van der Waals surface area contributed by atoms with Crippen molar-refractivity contribution in [2.24, 2.45) is 0 Å². The highest BCUT2D eigenvalue weighted by Gasteiger charge is 2.71. The van der Waals surface area contributed by atoms with Crippen LogP contribution in [0.2, 0.25) is 0 Å². The number of rotatable bonds is 6. The SMILES string of the molecule is CC(C)(C)OC(=O)N1CCN(c2ccc(C(O)(C(F)(F)F)C(F)(F)F)cc2)C(COCc2ccccc2)C1. The second-order valence-corrected chi connectivity index (χ2v) is 10.0. The molecule has 0 spiro atoms. The number of ether oxygens (including phenoxy) is 2. The third kappa shape index (κ3) is 6.71. The van der Waals surface area contributed by atoms with Crippen molar-refractivity contribution in [3.05, 3.63) is 65.7 Å². The molecule has 1 saturated heterocycles. The van der Waals surface area contributed by atoms with Gasteiger partial charge < -0.3 is 24.4 Å². The van der Waals surface area contributed by atoms with E-state index in [4.69, 9.17) is 9.47 Å². The van der Waals surface area contributed by atoms with Crippen molar-refractivity contribution in [3.63, 3.8) is 0 Å². The van der Waals surface area contributed by atoms with Crippen LogP contribution in [-0.2, 0) is 21.7 Å². The maximum absolute atomic E-state index is 13.3. The first-order chi connectivity index (χ1) is 17.5. The molecule has 12 heteroatoms. The van der Waals surface area contributed by atoms with Gasteiger partial charge in [-0.05, 0) is 38.5 Å². The summed E-state index contributed by atoms with van der Waals surface area (Å²) in [5.41, 5.74) is -5.85. The summed E-state index contributed by atoms with van der Waals surface area (Å²) < 4.78 is 90.9. The molecule has 1 amide bonds. The Morgan fingerprint density at radius 2 is 1.50 bits per heavy atom. The summed E-state index contributed by atoms with van der Waals surface area (Å²) in [4.78, 5) is 15.9. The summed E-state index contributed by atoms with van der Waals surface area (Å²) in [5, 5.41) is 9.68. The second kappa shape index (κ2) is 11.0. The van der Waals surface area contributed by atoms with Gasteiger partial charge in [-0.2, -0.15) is 26.3 Å². The molecule has 3 rings (SSSR count). The Bertz CT molecular complexity index is 1050. The molecule has 1 unspecified atom stereocenters. The van der Waals surface area contributed by atoms with Crippen LogP contribution in [0.25, 0.3) is 0 Å². The lowest BCUT2D eigenvalue weighted by atomic mass is 9.92. The number of alkyl halides is 6. The van der Waals surface area contributed by atoms with Gasteiger partial charge in [-0.1, -0.05) is 42.5 Å². The zero-order valence-corrected chi connectivity index (χ0v) is 21.1. The third-order valence-corrected chi connectivity index (χ3v) is 5.99. The lowest BCUT2D eigenvalue weighted by Crippen LogP contribution is -2.57. The van der Waals surface area contributed by atoms with E-state index in [-0.39, 0.29) is 32.8 Å². The maximum Gasteiger partial charge on any atom is 0.430 e. The van der Waals surface area contributed by atoms with Crippen LogP contribution in [0.3, 0.4) is 0 Å². The van der Waals surface area contributed by atoms with E-state index in [1.54, 1.807) is 25.7 Å². The Kier molecular flexibility index (Phi) is 8.57. The fourth-order valence-electron chi connectivity index (χ4n) is 4.10. The van der Waals surface area contributed by atoms with E-state index in [9.17, 15) is 36.2 Å². The highest BCUT2D eigenvalue weighted by molar-refractivity contribution is 5.69. The van der Waals surface area contributed by atoms with Crippen LogP contribution in [0.5, 0.6) is 0 Å². The fourth-order valence-corrected chi connectivity index (χ4v) is 4.10. The molecule has 0 bridgehead atoms. The van der Waals surface area contributed by atoms with Gasteiger partial charge in [0.05, 0.1) is 19.3 Å². The lowest BCUT2D eigenvalue weighted by Gasteiger charge is -2.43. The molecule has 6 nitrogen and oxygen atoms in total. The Morgan fingerprint density at radius 3 is 2.03 bits per heavy atom. The Balaban J connectivity index is 1.83. The van der Waals surface area contributed by atoms with Gasteiger partial charge in [-0.3, -0.25) is 0 Å². The van der Waals surface area contributed by atoms with Gasteiger partial charge in [0.2, 0.25) is 0 Å². The van der Waals surface area contributed by atoms with Crippen LogP contribution in [-0.4, -0.2) is 66.3 Å². The minimum absolute atomic E-state index is 0.116. The van der Waals surface area contributed by atoms with Crippen LogP contribution in [0, 0.1) is 0 Å². The fraction of sp³-hybridized carbons (Fsp3) is 0.500. The van der Waals surface area contributed by atoms with Crippen molar-refractivity contribution in [2.45, 2.75) is 57.0 Å². The molecule has 1 fully saturated rings. The summed E-state index contributed by atoms with van der Waals surface area (Å²) in [6.45, 7) is 6.15. The van der Waals surface area contributed by atoms with Crippen molar-refractivity contribution in [1.82, 2.24) is 4.90 Å². The molecule has 2 aromatic carbocycles. The van der Waals surface area contributed by atoms with Crippen LogP contribution in [0.1, 0.15) is 31.9 Å². The van der Waals surface area contributed by atoms with Crippen LogP contribution < -0.4 is 4.90 Å². The van der Waals surface area contributed by atoms with Gasteiger partial charge >= 0.3 is 18.4 Å². The molecule has 1 N–H and O–H groups in total. The number of amides is 1. The molecule has 1 aliphatic heterocycles. The molecular weight excluding hydrogens is 518 g/mol. The lowest BCUT2D eigenvalue weighted by molar-refractivity contribution is -0.376. The molecule has 0 saturated carbocycles. The van der Waals surface area contributed by atoms with Gasteiger partial charge in [0.25, 0.3) is 5.60 Å². The van der Waals surface area contributed by atoms with E-state index in [2.05, 4.69) is 0 Å². The zero-order chi connectivity index (χ0) is 28.4.